The van der Waals surface area contributed by atoms with Gasteiger partial charge in [-0.05, 0) is 37.3 Å². The molecule has 3 amide bonds. The Morgan fingerprint density at radius 2 is 1.96 bits per heavy atom. The number of hydrogen-bond donors (Lipinski definition) is 3. The molecular formula is C17H23N5O3S. The lowest BCUT2D eigenvalue weighted by Crippen LogP contribution is -2.54. The summed E-state index contributed by atoms with van der Waals surface area (Å²) in [6.07, 6.45) is 0. The number of thiophene rings is 1. The molecule has 0 radical (unpaired) electrons. The lowest BCUT2D eigenvalue weighted by atomic mass is 10.0. The van der Waals surface area contributed by atoms with Crippen molar-refractivity contribution in [2.24, 2.45) is 5.92 Å². The zero-order chi connectivity index (χ0) is 19.3. The maximum atomic E-state index is 12.4. The Balaban J connectivity index is 1.89. The van der Waals surface area contributed by atoms with Crippen molar-refractivity contribution in [3.05, 3.63) is 39.8 Å². The Labute approximate surface area is 155 Å². The molecule has 0 saturated heterocycles. The lowest BCUT2D eigenvalue weighted by Gasteiger charge is -2.21. The number of carbonyl (C=O) groups excluding carboxylic acids is 3. The van der Waals surface area contributed by atoms with E-state index in [1.807, 2.05) is 33.8 Å². The third-order valence-electron chi connectivity index (χ3n) is 3.70. The van der Waals surface area contributed by atoms with Crippen LogP contribution >= 0.6 is 11.3 Å². The third-order valence-corrected chi connectivity index (χ3v) is 4.57. The van der Waals surface area contributed by atoms with Gasteiger partial charge in [0.1, 0.15) is 12.6 Å². The van der Waals surface area contributed by atoms with Gasteiger partial charge in [0.15, 0.2) is 0 Å². The van der Waals surface area contributed by atoms with Crippen LogP contribution in [0, 0.1) is 19.8 Å². The van der Waals surface area contributed by atoms with Crippen LogP contribution in [-0.2, 0) is 16.1 Å². The van der Waals surface area contributed by atoms with Crippen molar-refractivity contribution < 1.29 is 14.4 Å². The summed E-state index contributed by atoms with van der Waals surface area (Å²) in [6, 6.07) is 4.55. The average molecular weight is 377 g/mol. The monoisotopic (exact) mass is 377 g/mol. The summed E-state index contributed by atoms with van der Waals surface area (Å²) >= 11 is 1.30. The second-order valence-corrected chi connectivity index (χ2v) is 7.24. The van der Waals surface area contributed by atoms with Gasteiger partial charge in [-0.3, -0.25) is 29.9 Å². The van der Waals surface area contributed by atoms with Gasteiger partial charge >= 0.3 is 0 Å². The van der Waals surface area contributed by atoms with Gasteiger partial charge in [-0.15, -0.1) is 11.3 Å². The van der Waals surface area contributed by atoms with Crippen molar-refractivity contribution in [2.75, 3.05) is 0 Å². The molecule has 0 bridgehead atoms. The van der Waals surface area contributed by atoms with E-state index in [-0.39, 0.29) is 18.4 Å². The summed E-state index contributed by atoms with van der Waals surface area (Å²) in [7, 11) is 0. The van der Waals surface area contributed by atoms with Gasteiger partial charge in [-0.2, -0.15) is 5.10 Å². The molecule has 1 atom stereocenters. The Bertz CT molecular complexity index is 782. The van der Waals surface area contributed by atoms with Crippen LogP contribution in [0.5, 0.6) is 0 Å². The Morgan fingerprint density at radius 3 is 2.50 bits per heavy atom. The van der Waals surface area contributed by atoms with E-state index in [0.29, 0.717) is 4.88 Å². The fourth-order valence-electron chi connectivity index (χ4n) is 2.37. The minimum Gasteiger partial charge on any atom is -0.339 e. The molecule has 0 aliphatic rings. The smallest absolute Gasteiger partial charge is 0.262 e. The highest BCUT2D eigenvalue weighted by molar-refractivity contribution is 7.12. The van der Waals surface area contributed by atoms with Crippen LogP contribution in [0.25, 0.3) is 0 Å². The molecule has 0 saturated carbocycles. The van der Waals surface area contributed by atoms with E-state index < -0.39 is 17.9 Å². The highest BCUT2D eigenvalue weighted by Gasteiger charge is 2.25. The number of aromatic nitrogens is 2. The number of hydrazine groups is 1. The van der Waals surface area contributed by atoms with Crippen LogP contribution in [0.4, 0.5) is 0 Å². The predicted octanol–water partition coefficient (Wildman–Crippen LogP) is 1.16. The number of nitrogens with one attached hydrogen (secondary N) is 3. The Morgan fingerprint density at radius 1 is 1.23 bits per heavy atom. The van der Waals surface area contributed by atoms with Crippen LogP contribution in [-0.4, -0.2) is 33.5 Å². The maximum Gasteiger partial charge on any atom is 0.262 e. The molecule has 2 aromatic heterocycles. The number of amides is 3. The molecule has 0 aliphatic heterocycles. The van der Waals surface area contributed by atoms with E-state index in [9.17, 15) is 14.4 Å². The molecule has 26 heavy (non-hydrogen) atoms. The highest BCUT2D eigenvalue weighted by atomic mass is 32.1. The van der Waals surface area contributed by atoms with Crippen LogP contribution in [0.2, 0.25) is 0 Å². The zero-order valence-electron chi connectivity index (χ0n) is 15.2. The first-order valence-electron chi connectivity index (χ1n) is 8.22. The molecule has 8 nitrogen and oxygen atoms in total. The van der Waals surface area contributed by atoms with Gasteiger partial charge in [-0.25, -0.2) is 0 Å². The second kappa shape index (κ2) is 8.61. The molecular weight excluding hydrogens is 354 g/mol. The molecule has 3 N–H and O–H groups in total. The first-order chi connectivity index (χ1) is 12.3. The summed E-state index contributed by atoms with van der Waals surface area (Å²) in [4.78, 5) is 37.1. The van der Waals surface area contributed by atoms with Crippen LogP contribution in [0.15, 0.2) is 23.6 Å². The quantitative estimate of drug-likeness (QED) is 0.657. The second-order valence-electron chi connectivity index (χ2n) is 6.29. The number of carbonyl (C=O) groups is 3. The number of nitrogens with zero attached hydrogens (tertiary/aromatic N) is 2. The normalized spacial score (nSPS) is 11.9. The molecule has 0 unspecified atom stereocenters. The molecule has 0 aliphatic carbocycles. The fourth-order valence-corrected chi connectivity index (χ4v) is 3.00. The van der Waals surface area contributed by atoms with Crippen molar-refractivity contribution in [1.82, 2.24) is 25.9 Å². The van der Waals surface area contributed by atoms with Gasteiger partial charge in [0.05, 0.1) is 10.6 Å². The number of hydrogen-bond acceptors (Lipinski definition) is 5. The highest BCUT2D eigenvalue weighted by Crippen LogP contribution is 2.10. The minimum absolute atomic E-state index is 0.00610. The van der Waals surface area contributed by atoms with Crippen molar-refractivity contribution in [2.45, 2.75) is 40.3 Å². The first kappa shape index (κ1) is 19.6. The number of rotatable bonds is 6. The molecule has 0 fully saturated rings. The number of aryl methyl sites for hydroxylation is 2. The van der Waals surface area contributed by atoms with Crippen LogP contribution < -0.4 is 16.2 Å². The third kappa shape index (κ3) is 5.16. The van der Waals surface area contributed by atoms with E-state index in [2.05, 4.69) is 21.3 Å². The molecule has 2 rings (SSSR count). The van der Waals surface area contributed by atoms with E-state index in [0.717, 1.165) is 11.4 Å². The van der Waals surface area contributed by atoms with Gasteiger partial charge in [0.2, 0.25) is 0 Å². The predicted molar refractivity (Wildman–Crippen MR) is 98.4 cm³/mol. The first-order valence-corrected chi connectivity index (χ1v) is 9.10. The lowest BCUT2D eigenvalue weighted by molar-refractivity contribution is -0.130. The molecule has 140 valence electrons. The van der Waals surface area contributed by atoms with Crippen LogP contribution in [0.1, 0.15) is 34.9 Å². The molecule has 9 heteroatoms. The standard InChI is InChI=1S/C17H23N5O3S/c1-10(2)15(18-16(24)13-6-5-7-26-13)17(25)20-19-14(23)9-22-12(4)8-11(3)21-22/h5-8,10,15H,9H2,1-4H3,(H,18,24)(H,19,23)(H,20,25)/t15-/m0/s1. The minimum atomic E-state index is -0.765. The molecule has 0 aromatic carbocycles. The van der Waals surface area contributed by atoms with E-state index >= 15 is 0 Å². The van der Waals surface area contributed by atoms with Crippen molar-refractivity contribution in [3.8, 4) is 0 Å². The summed E-state index contributed by atoms with van der Waals surface area (Å²) < 4.78 is 1.55. The Hall–Kier alpha value is -2.68. The van der Waals surface area contributed by atoms with Crippen molar-refractivity contribution >= 4 is 29.1 Å². The summed E-state index contributed by atoms with van der Waals surface area (Å²) in [6.45, 7) is 7.31. The largest absolute Gasteiger partial charge is 0.339 e. The van der Waals surface area contributed by atoms with Gasteiger partial charge < -0.3 is 5.32 Å². The summed E-state index contributed by atoms with van der Waals surface area (Å²) in [5.74, 6) is -1.35. The molecule has 0 spiro atoms. The van der Waals surface area contributed by atoms with Crippen LogP contribution in [0.3, 0.4) is 0 Å². The van der Waals surface area contributed by atoms with Crippen molar-refractivity contribution in [1.29, 1.82) is 0 Å². The van der Waals surface area contributed by atoms with E-state index in [1.54, 1.807) is 22.2 Å². The topological polar surface area (TPSA) is 105 Å². The van der Waals surface area contributed by atoms with E-state index in [1.165, 1.54) is 11.3 Å². The summed E-state index contributed by atoms with van der Waals surface area (Å²) in [5.41, 5.74) is 6.40. The fraction of sp³-hybridized carbons (Fsp3) is 0.412. The van der Waals surface area contributed by atoms with Gasteiger partial charge in [0.25, 0.3) is 17.7 Å². The van der Waals surface area contributed by atoms with E-state index in [4.69, 9.17) is 0 Å². The summed E-state index contributed by atoms with van der Waals surface area (Å²) in [5, 5.41) is 8.68. The maximum absolute atomic E-state index is 12.4. The van der Waals surface area contributed by atoms with Gasteiger partial charge in [0, 0.05) is 5.69 Å². The molecule has 2 aromatic rings. The Kier molecular flexibility index (Phi) is 6.51. The average Bonchev–Trinajstić information content (AvgIpc) is 3.20. The molecule has 2 heterocycles. The zero-order valence-corrected chi connectivity index (χ0v) is 16.0. The van der Waals surface area contributed by atoms with Crippen molar-refractivity contribution in [3.63, 3.8) is 0 Å². The van der Waals surface area contributed by atoms with Gasteiger partial charge in [-0.1, -0.05) is 19.9 Å². The SMILES string of the molecule is Cc1cc(C)n(CC(=O)NNC(=O)[C@@H](NC(=O)c2cccs2)C(C)C)n1.